The second-order valence-electron chi connectivity index (χ2n) is 17.2. The molecule has 3 amide bonds. The van der Waals surface area contributed by atoms with Crippen LogP contribution in [0.25, 0.3) is 5.65 Å². The maximum Gasteiger partial charge on any atom is 0.286 e. The van der Waals surface area contributed by atoms with Crippen LogP contribution in [0.3, 0.4) is 0 Å². The largest absolute Gasteiger partial charge is 0.387 e. The molecule has 7 heterocycles. The summed E-state index contributed by atoms with van der Waals surface area (Å²) in [7, 11) is 1.66. The summed E-state index contributed by atoms with van der Waals surface area (Å²) in [6, 6.07) is 6.95. The lowest BCUT2D eigenvalue weighted by molar-refractivity contribution is -0.169. The average Bonchev–Trinajstić information content (AvgIpc) is 4.10. The van der Waals surface area contributed by atoms with Crippen molar-refractivity contribution in [1.29, 1.82) is 5.41 Å². The van der Waals surface area contributed by atoms with Crippen molar-refractivity contribution in [3.8, 4) is 11.8 Å². The van der Waals surface area contributed by atoms with Crippen molar-refractivity contribution < 1.29 is 41.4 Å². The van der Waals surface area contributed by atoms with Gasteiger partial charge in [0.25, 0.3) is 18.3 Å². The predicted molar refractivity (Wildman–Crippen MR) is 226 cm³/mol. The van der Waals surface area contributed by atoms with Crippen molar-refractivity contribution in [2.75, 3.05) is 62.0 Å². The number of imide groups is 1. The monoisotopic (exact) mass is 887 g/mol. The van der Waals surface area contributed by atoms with Gasteiger partial charge in [0.1, 0.15) is 24.1 Å². The number of rotatable bonds is 12. The number of piperidine rings is 2. The lowest BCUT2D eigenvalue weighted by Gasteiger charge is -2.40. The number of aromatic nitrogens is 5. The summed E-state index contributed by atoms with van der Waals surface area (Å²) in [6.07, 6.45) is 4.43. The number of ether oxygens (including phenoxy) is 2. The van der Waals surface area contributed by atoms with Crippen molar-refractivity contribution in [2.45, 2.75) is 88.0 Å². The summed E-state index contributed by atoms with van der Waals surface area (Å²) < 4.78 is 73.8. The molecule has 0 radical (unpaired) electrons. The fourth-order valence-corrected chi connectivity index (χ4v) is 9.79. The molecule has 5 aliphatic rings. The molecule has 4 saturated heterocycles. The molecule has 1 aliphatic carbocycles. The van der Waals surface area contributed by atoms with Crippen LogP contribution >= 0.6 is 0 Å². The topological polar surface area (TPSA) is 184 Å². The molecule has 338 valence electrons. The smallest absolute Gasteiger partial charge is 0.286 e. The van der Waals surface area contributed by atoms with E-state index in [1.54, 1.807) is 36.3 Å². The number of amides is 3. The molecule has 9 rings (SSSR count). The van der Waals surface area contributed by atoms with Crippen LogP contribution in [-0.4, -0.2) is 123 Å². The molecule has 3 aromatic heterocycles. The summed E-state index contributed by atoms with van der Waals surface area (Å²) in [5.74, 6) is 1.20. The highest BCUT2D eigenvalue weighted by Crippen LogP contribution is 2.38. The fourth-order valence-electron chi connectivity index (χ4n) is 9.79. The van der Waals surface area contributed by atoms with Gasteiger partial charge in [-0.15, -0.1) is 0 Å². The SMILES string of the molecule is CNc1c(C#CCO[C@H]2CCN(C[C@H]3CC[C@H](n4cc(NC(=O)c5cnn6ccc(N7C[C@H]8C[C@@H]7CO8)nc56)c(C(F)F)n4)CC3)CC2(F)F)cccc1C(=N)C1CCC(=O)NC1=O. The van der Waals surface area contributed by atoms with Gasteiger partial charge in [-0.05, 0) is 63.0 Å². The first kappa shape index (κ1) is 43.3. The second kappa shape index (κ2) is 17.9. The van der Waals surface area contributed by atoms with Crippen LogP contribution in [0.2, 0.25) is 0 Å². The number of hydrogen-bond donors (Lipinski definition) is 4. The molecule has 1 aromatic carbocycles. The number of anilines is 3. The van der Waals surface area contributed by atoms with E-state index in [0.717, 1.165) is 6.42 Å². The van der Waals surface area contributed by atoms with Crippen molar-refractivity contribution in [3.05, 3.63) is 65.2 Å². The first-order chi connectivity index (χ1) is 30.8. The summed E-state index contributed by atoms with van der Waals surface area (Å²) in [6.45, 7) is 1.51. The van der Waals surface area contributed by atoms with Gasteiger partial charge < -0.3 is 30.4 Å². The van der Waals surface area contributed by atoms with E-state index in [2.05, 4.69) is 42.9 Å². The number of morpholine rings is 1. The summed E-state index contributed by atoms with van der Waals surface area (Å²) in [4.78, 5) is 46.1. The molecule has 5 fully saturated rings. The van der Waals surface area contributed by atoms with Crippen LogP contribution in [0.5, 0.6) is 0 Å². The van der Waals surface area contributed by atoms with Crippen LogP contribution < -0.4 is 20.9 Å². The number of halogens is 4. The molecule has 16 nitrogen and oxygen atoms in total. The Morgan fingerprint density at radius 3 is 2.66 bits per heavy atom. The first-order valence-corrected chi connectivity index (χ1v) is 21.7. The number of carbonyl (C=O) groups excluding carboxylic acids is 3. The maximum atomic E-state index is 15.5. The van der Waals surface area contributed by atoms with Crippen molar-refractivity contribution in [1.82, 2.24) is 34.6 Å². The van der Waals surface area contributed by atoms with Gasteiger partial charge >= 0.3 is 0 Å². The molecule has 1 saturated carbocycles. The molecular weight excluding hydrogens is 839 g/mol. The third kappa shape index (κ3) is 8.80. The quantitative estimate of drug-likeness (QED) is 0.0646. The Morgan fingerprint density at radius 2 is 1.94 bits per heavy atom. The molecule has 4 aromatic rings. The van der Waals surface area contributed by atoms with E-state index in [1.165, 1.54) is 21.6 Å². The Labute approximate surface area is 365 Å². The van der Waals surface area contributed by atoms with E-state index < -0.39 is 48.4 Å². The molecular formula is C44H49F4N11O5. The van der Waals surface area contributed by atoms with Gasteiger partial charge in [0.15, 0.2) is 11.3 Å². The first-order valence-electron chi connectivity index (χ1n) is 21.7. The number of nitrogens with one attached hydrogen (secondary N) is 4. The van der Waals surface area contributed by atoms with E-state index >= 15 is 8.78 Å². The number of fused-ring (bicyclic) bond motifs is 3. The second-order valence-corrected chi connectivity index (χ2v) is 17.2. The molecule has 20 heteroatoms. The molecule has 4 N–H and O–H groups in total. The zero-order valence-corrected chi connectivity index (χ0v) is 35.2. The maximum absolute atomic E-state index is 15.5. The molecule has 0 spiro atoms. The fraction of sp³-hybridized carbons (Fsp3) is 0.523. The number of likely N-dealkylation sites (tertiary alicyclic amines) is 1. The van der Waals surface area contributed by atoms with E-state index in [1.807, 2.05) is 6.07 Å². The zero-order valence-electron chi connectivity index (χ0n) is 35.2. The third-order valence-electron chi connectivity index (χ3n) is 13.1. The van der Waals surface area contributed by atoms with E-state index in [9.17, 15) is 23.2 Å². The lowest BCUT2D eigenvalue weighted by atomic mass is 9.85. The standard InChI is InChI=1S/C44H49F4N11O5/c1-50-38-26(4-2-6-30(38)37(49)31-11-12-36(60)54-42(31)61)5-3-17-63-34-13-15-56(24-44(34,47)48)20-25-7-9-27(10-8-25)59-22-33(39(55-59)40(45)46)52-43(62)32-19-51-58-16-14-35(53-41(32)58)57-21-29-18-28(57)23-64-29/h2,4,6,14,16,19,22,25,27-29,31,34,40,49-50H,7-13,15,17-18,20-21,23-24H2,1H3,(H,52,62)(H,54,60,61)/t25-,27-,28-,29-,31?,34+/m1/s1. The lowest BCUT2D eigenvalue weighted by Crippen LogP contribution is -2.53. The molecule has 1 unspecified atom stereocenters. The Bertz CT molecular complexity index is 2510. The van der Waals surface area contributed by atoms with Crippen LogP contribution in [-0.2, 0) is 19.1 Å². The van der Waals surface area contributed by atoms with Crippen LogP contribution in [0.1, 0.15) is 91.0 Å². The van der Waals surface area contributed by atoms with Gasteiger partial charge in [-0.2, -0.15) is 10.2 Å². The molecule has 4 atom stereocenters. The van der Waals surface area contributed by atoms with Gasteiger partial charge in [-0.1, -0.05) is 24.0 Å². The Balaban J connectivity index is 0.761. The minimum atomic E-state index is -3.11. The van der Waals surface area contributed by atoms with Gasteiger partial charge in [0, 0.05) is 56.6 Å². The summed E-state index contributed by atoms with van der Waals surface area (Å²) >= 11 is 0. The highest BCUT2D eigenvalue weighted by atomic mass is 19.3. The number of para-hydroxylation sites is 1. The minimum Gasteiger partial charge on any atom is -0.387 e. The highest BCUT2D eigenvalue weighted by molar-refractivity contribution is 6.18. The molecule has 64 heavy (non-hydrogen) atoms. The average molecular weight is 888 g/mol. The third-order valence-corrected chi connectivity index (χ3v) is 13.1. The van der Waals surface area contributed by atoms with Crippen LogP contribution in [0.4, 0.5) is 34.8 Å². The van der Waals surface area contributed by atoms with Crippen molar-refractivity contribution in [3.63, 3.8) is 0 Å². The van der Waals surface area contributed by atoms with Crippen LogP contribution in [0.15, 0.2) is 42.9 Å². The molecule has 2 bridgehead atoms. The van der Waals surface area contributed by atoms with E-state index in [-0.39, 0.29) is 72.8 Å². The Kier molecular flexibility index (Phi) is 12.1. The van der Waals surface area contributed by atoms with E-state index in [4.69, 9.17) is 19.9 Å². The summed E-state index contributed by atoms with van der Waals surface area (Å²) in [5.41, 5.74) is 1.36. The Morgan fingerprint density at radius 1 is 1.11 bits per heavy atom. The number of benzene rings is 1. The highest BCUT2D eigenvalue weighted by Gasteiger charge is 2.46. The van der Waals surface area contributed by atoms with Gasteiger partial charge in [-0.3, -0.25) is 29.3 Å². The number of nitrogens with zero attached hydrogens (tertiary/aromatic N) is 7. The minimum absolute atomic E-state index is 0.0556. The van der Waals surface area contributed by atoms with Crippen LogP contribution in [0, 0.1) is 29.1 Å². The van der Waals surface area contributed by atoms with Gasteiger partial charge in [0.05, 0.1) is 60.5 Å². The van der Waals surface area contributed by atoms with Crippen molar-refractivity contribution in [2.24, 2.45) is 11.8 Å². The molecule has 4 aliphatic heterocycles. The van der Waals surface area contributed by atoms with Gasteiger partial charge in [0.2, 0.25) is 11.8 Å². The Hall–Kier alpha value is -5.91. The zero-order chi connectivity index (χ0) is 44.7. The van der Waals surface area contributed by atoms with Gasteiger partial charge in [-0.25, -0.2) is 27.1 Å². The number of carbonyl (C=O) groups is 3. The number of hydrogen-bond acceptors (Lipinski definition) is 12. The van der Waals surface area contributed by atoms with Crippen molar-refractivity contribution >= 4 is 46.3 Å². The van der Waals surface area contributed by atoms with E-state index in [0.29, 0.717) is 80.2 Å². The normalized spacial score (nSPS) is 25.6. The summed E-state index contributed by atoms with van der Waals surface area (Å²) in [5, 5.41) is 25.1. The predicted octanol–water partition coefficient (Wildman–Crippen LogP) is 5.06. The number of alkyl halides is 4.